The van der Waals surface area contributed by atoms with Crippen molar-refractivity contribution in [3.8, 4) is 0 Å². The zero-order valence-corrected chi connectivity index (χ0v) is 18.4. The summed E-state index contributed by atoms with van der Waals surface area (Å²) < 4.78 is 8.28. The zero-order chi connectivity index (χ0) is 21.3. The molecule has 0 saturated carbocycles. The highest BCUT2D eigenvalue weighted by Gasteiger charge is 2.43. The monoisotopic (exact) mass is 423 g/mol. The molecule has 1 amide bonds. The molecular formula is C24H33N5O2. The Hall–Kier alpha value is -2.38. The van der Waals surface area contributed by atoms with Crippen molar-refractivity contribution in [3.63, 3.8) is 0 Å². The molecule has 0 aliphatic carbocycles. The molecule has 0 radical (unpaired) electrons. The van der Waals surface area contributed by atoms with Crippen molar-refractivity contribution in [2.24, 2.45) is 7.05 Å². The van der Waals surface area contributed by atoms with Gasteiger partial charge in [0.1, 0.15) is 11.5 Å². The predicted octanol–water partition coefficient (Wildman–Crippen LogP) is 2.40. The van der Waals surface area contributed by atoms with E-state index in [0.717, 1.165) is 83.1 Å². The number of piperidine rings is 1. The van der Waals surface area contributed by atoms with Gasteiger partial charge in [-0.05, 0) is 49.9 Å². The number of ether oxygens (including phenoxy) is 1. The molecule has 3 aliphatic heterocycles. The smallest absolute Gasteiger partial charge is 0.270 e. The van der Waals surface area contributed by atoms with Crippen LogP contribution in [-0.4, -0.2) is 82.8 Å². The molecule has 3 saturated heterocycles. The molecule has 7 nitrogen and oxygen atoms in total. The minimum atomic E-state index is -0.0635. The second-order valence-corrected chi connectivity index (χ2v) is 9.19. The average Bonchev–Trinajstić information content (AvgIpc) is 3.26. The molecule has 0 N–H and O–H groups in total. The second-order valence-electron chi connectivity index (χ2n) is 9.19. The fraction of sp³-hybridized carbons (Fsp3) is 0.583. The summed E-state index contributed by atoms with van der Waals surface area (Å²) in [5.74, 6) is 1.22. The molecule has 2 aromatic rings. The highest BCUT2D eigenvalue weighted by molar-refractivity contribution is 5.92. The summed E-state index contributed by atoms with van der Waals surface area (Å²) in [6.45, 7) is 6.61. The van der Waals surface area contributed by atoms with E-state index in [1.807, 2.05) is 47.1 Å². The molecule has 0 unspecified atom stereocenters. The number of pyridine rings is 1. The Bertz CT molecular complexity index is 882. The van der Waals surface area contributed by atoms with Gasteiger partial charge in [-0.15, -0.1) is 0 Å². The van der Waals surface area contributed by atoms with Crippen LogP contribution in [0.5, 0.6) is 0 Å². The van der Waals surface area contributed by atoms with Gasteiger partial charge >= 0.3 is 0 Å². The van der Waals surface area contributed by atoms with Gasteiger partial charge < -0.3 is 19.1 Å². The van der Waals surface area contributed by atoms with E-state index in [0.29, 0.717) is 6.04 Å². The highest BCUT2D eigenvalue weighted by atomic mass is 16.5. The first-order valence-electron chi connectivity index (χ1n) is 11.6. The average molecular weight is 424 g/mol. The maximum absolute atomic E-state index is 12.9. The first-order valence-corrected chi connectivity index (χ1v) is 11.6. The number of hydrogen-bond donors (Lipinski definition) is 0. The Kier molecular flexibility index (Phi) is 5.71. The topological polar surface area (TPSA) is 53.8 Å². The number of aryl methyl sites for hydroxylation is 1. The van der Waals surface area contributed by atoms with E-state index in [4.69, 9.17) is 4.74 Å². The lowest BCUT2D eigenvalue weighted by molar-refractivity contribution is -0.130. The van der Waals surface area contributed by atoms with Crippen LogP contribution in [0.25, 0.3) is 0 Å². The van der Waals surface area contributed by atoms with E-state index >= 15 is 0 Å². The normalized spacial score (nSPS) is 24.5. The summed E-state index contributed by atoms with van der Waals surface area (Å²) >= 11 is 0. The Morgan fingerprint density at radius 1 is 1.06 bits per heavy atom. The molecule has 31 heavy (non-hydrogen) atoms. The SMILES string of the molecule is Cn1cccc1C(=O)N1CCC2(CC1)C[C@@H](N1CCN(c3ccccn3)CC1)CCO2. The molecule has 5 heterocycles. The van der Waals surface area contributed by atoms with E-state index < -0.39 is 0 Å². The van der Waals surface area contributed by atoms with Crippen molar-refractivity contribution in [3.05, 3.63) is 48.4 Å². The van der Waals surface area contributed by atoms with Crippen LogP contribution >= 0.6 is 0 Å². The first kappa shape index (κ1) is 20.5. The number of piperazine rings is 1. The van der Waals surface area contributed by atoms with Gasteiger partial charge in [0.25, 0.3) is 5.91 Å². The van der Waals surface area contributed by atoms with Gasteiger partial charge in [-0.25, -0.2) is 4.98 Å². The van der Waals surface area contributed by atoms with Crippen LogP contribution in [0.3, 0.4) is 0 Å². The van der Waals surface area contributed by atoms with E-state index in [-0.39, 0.29) is 11.5 Å². The summed E-state index contributed by atoms with van der Waals surface area (Å²) in [5.41, 5.74) is 0.704. The molecule has 166 valence electrons. The number of carbonyl (C=O) groups excluding carboxylic acids is 1. The second kappa shape index (κ2) is 8.63. The van der Waals surface area contributed by atoms with Crippen LogP contribution in [0.4, 0.5) is 5.82 Å². The highest BCUT2D eigenvalue weighted by Crippen LogP contribution is 2.37. The third-order valence-corrected chi connectivity index (χ3v) is 7.40. The van der Waals surface area contributed by atoms with Gasteiger partial charge in [-0.1, -0.05) is 6.07 Å². The van der Waals surface area contributed by atoms with E-state index in [1.165, 1.54) is 0 Å². The van der Waals surface area contributed by atoms with Crippen LogP contribution in [0.2, 0.25) is 0 Å². The number of nitrogens with zero attached hydrogens (tertiary/aromatic N) is 5. The Labute approximate surface area is 184 Å². The molecule has 1 atom stereocenters. The summed E-state index contributed by atoms with van der Waals surface area (Å²) in [6.07, 6.45) is 7.88. The molecule has 3 fully saturated rings. The molecule has 3 aliphatic rings. The molecule has 0 bridgehead atoms. The Balaban J connectivity index is 1.16. The van der Waals surface area contributed by atoms with Crippen molar-refractivity contribution in [1.29, 1.82) is 0 Å². The number of aromatic nitrogens is 2. The van der Waals surface area contributed by atoms with Gasteiger partial charge in [0, 0.05) is 71.4 Å². The largest absolute Gasteiger partial charge is 0.375 e. The first-order chi connectivity index (χ1) is 15.1. The van der Waals surface area contributed by atoms with Crippen molar-refractivity contribution in [1.82, 2.24) is 19.4 Å². The van der Waals surface area contributed by atoms with Crippen molar-refractivity contribution in [2.45, 2.75) is 37.3 Å². The summed E-state index contributed by atoms with van der Waals surface area (Å²) in [4.78, 5) is 24.4. The number of rotatable bonds is 3. The summed E-state index contributed by atoms with van der Waals surface area (Å²) in [7, 11) is 1.93. The molecule has 0 aromatic carbocycles. The Morgan fingerprint density at radius 3 is 2.55 bits per heavy atom. The minimum absolute atomic E-state index is 0.0635. The zero-order valence-electron chi connectivity index (χ0n) is 18.4. The van der Waals surface area contributed by atoms with E-state index in [9.17, 15) is 4.79 Å². The van der Waals surface area contributed by atoms with E-state index in [2.05, 4.69) is 26.9 Å². The van der Waals surface area contributed by atoms with Crippen molar-refractivity contribution in [2.75, 3.05) is 50.8 Å². The van der Waals surface area contributed by atoms with Gasteiger partial charge in [-0.3, -0.25) is 9.69 Å². The fourth-order valence-corrected chi connectivity index (χ4v) is 5.48. The van der Waals surface area contributed by atoms with Crippen molar-refractivity contribution < 1.29 is 9.53 Å². The summed E-state index contributed by atoms with van der Waals surface area (Å²) in [6, 6.07) is 10.6. The maximum atomic E-state index is 12.9. The fourth-order valence-electron chi connectivity index (χ4n) is 5.48. The van der Waals surface area contributed by atoms with Crippen LogP contribution in [-0.2, 0) is 11.8 Å². The molecule has 5 rings (SSSR count). The molecule has 2 aromatic heterocycles. The predicted molar refractivity (Wildman–Crippen MR) is 120 cm³/mol. The Morgan fingerprint density at radius 2 is 1.87 bits per heavy atom. The number of likely N-dealkylation sites (tertiary alicyclic amines) is 1. The minimum Gasteiger partial charge on any atom is -0.375 e. The van der Waals surface area contributed by atoms with Crippen LogP contribution < -0.4 is 4.90 Å². The van der Waals surface area contributed by atoms with E-state index in [1.54, 1.807) is 0 Å². The standard InChI is InChI=1S/C24H33N5O2/c1-26-11-4-5-21(26)23(30)29-12-8-24(9-13-29)19-20(7-18-31-24)27-14-16-28(17-15-27)22-6-2-3-10-25-22/h2-6,10-11,20H,7-9,12-19H2,1H3/t20-/m0/s1. The van der Waals surface area contributed by atoms with Crippen LogP contribution in [0.1, 0.15) is 36.2 Å². The van der Waals surface area contributed by atoms with Gasteiger partial charge in [0.15, 0.2) is 0 Å². The van der Waals surface area contributed by atoms with Gasteiger partial charge in [0.2, 0.25) is 0 Å². The number of carbonyl (C=O) groups is 1. The number of anilines is 1. The van der Waals surface area contributed by atoms with Crippen LogP contribution in [0, 0.1) is 0 Å². The number of hydrogen-bond acceptors (Lipinski definition) is 5. The lowest BCUT2D eigenvalue weighted by Gasteiger charge is -2.49. The summed E-state index contributed by atoms with van der Waals surface area (Å²) in [5, 5.41) is 0. The lowest BCUT2D eigenvalue weighted by atomic mass is 9.81. The third kappa shape index (κ3) is 4.21. The molecule has 1 spiro atoms. The number of amides is 1. The lowest BCUT2D eigenvalue weighted by Crippen LogP contribution is -2.57. The quantitative estimate of drug-likeness (QED) is 0.759. The van der Waals surface area contributed by atoms with Crippen molar-refractivity contribution >= 4 is 11.7 Å². The molecular weight excluding hydrogens is 390 g/mol. The van der Waals surface area contributed by atoms with Gasteiger partial charge in [0.05, 0.1) is 5.60 Å². The van der Waals surface area contributed by atoms with Gasteiger partial charge in [-0.2, -0.15) is 0 Å². The maximum Gasteiger partial charge on any atom is 0.270 e. The third-order valence-electron chi connectivity index (χ3n) is 7.40. The van der Waals surface area contributed by atoms with Crippen LogP contribution in [0.15, 0.2) is 42.7 Å². The molecule has 7 heteroatoms.